The molecule has 20 heavy (non-hydrogen) atoms. The lowest BCUT2D eigenvalue weighted by molar-refractivity contribution is 0.580. The maximum Gasteiger partial charge on any atom is 0.149 e. The molecule has 1 unspecified atom stereocenters. The molecular formula is C16H14ClF2N. The van der Waals surface area contributed by atoms with Crippen molar-refractivity contribution in [2.24, 2.45) is 5.92 Å². The number of rotatable bonds is 4. The van der Waals surface area contributed by atoms with Crippen molar-refractivity contribution in [3.8, 4) is 0 Å². The second-order valence-corrected chi connectivity index (χ2v) is 5.57. The predicted molar refractivity (Wildman–Crippen MR) is 76.9 cm³/mol. The number of nitrogens with one attached hydrogen (secondary N) is 1. The molecule has 0 spiro atoms. The van der Waals surface area contributed by atoms with E-state index in [9.17, 15) is 8.78 Å². The second kappa shape index (κ2) is 5.41. The maximum atomic E-state index is 13.8. The third-order valence-corrected chi connectivity index (χ3v) is 3.82. The minimum atomic E-state index is -0.567. The van der Waals surface area contributed by atoms with Crippen LogP contribution in [0.4, 0.5) is 14.5 Å². The van der Waals surface area contributed by atoms with E-state index in [4.69, 9.17) is 11.6 Å². The Morgan fingerprint density at radius 2 is 1.75 bits per heavy atom. The van der Waals surface area contributed by atoms with E-state index in [1.54, 1.807) is 0 Å². The van der Waals surface area contributed by atoms with Crippen molar-refractivity contribution in [3.05, 3.63) is 64.7 Å². The zero-order valence-electron chi connectivity index (χ0n) is 10.7. The molecule has 2 aromatic rings. The molecule has 2 aromatic carbocycles. The van der Waals surface area contributed by atoms with Gasteiger partial charge in [-0.05, 0) is 48.6 Å². The zero-order valence-corrected chi connectivity index (χ0v) is 11.5. The highest BCUT2D eigenvalue weighted by Crippen LogP contribution is 2.43. The Kier molecular flexibility index (Phi) is 3.62. The van der Waals surface area contributed by atoms with Gasteiger partial charge >= 0.3 is 0 Å². The van der Waals surface area contributed by atoms with Crippen molar-refractivity contribution in [3.63, 3.8) is 0 Å². The Bertz CT molecular complexity index is 608. The van der Waals surface area contributed by atoms with Gasteiger partial charge in [-0.1, -0.05) is 23.7 Å². The van der Waals surface area contributed by atoms with E-state index < -0.39 is 11.6 Å². The van der Waals surface area contributed by atoms with Gasteiger partial charge in [-0.2, -0.15) is 0 Å². The third kappa shape index (κ3) is 2.93. The third-order valence-electron chi connectivity index (χ3n) is 3.56. The molecule has 1 atom stereocenters. The molecule has 0 bridgehead atoms. The van der Waals surface area contributed by atoms with Gasteiger partial charge in [-0.15, -0.1) is 0 Å². The summed E-state index contributed by atoms with van der Waals surface area (Å²) in [7, 11) is 0. The average Bonchev–Trinajstić information content (AvgIpc) is 3.24. The molecule has 1 N–H and O–H groups in total. The number of hydrogen-bond acceptors (Lipinski definition) is 1. The first-order valence-electron chi connectivity index (χ1n) is 6.60. The Morgan fingerprint density at radius 1 is 1.05 bits per heavy atom. The molecule has 0 aromatic heterocycles. The van der Waals surface area contributed by atoms with Crippen LogP contribution in [0, 0.1) is 17.6 Å². The van der Waals surface area contributed by atoms with Gasteiger partial charge in [0.25, 0.3) is 0 Å². The molecule has 0 radical (unpaired) electrons. The fourth-order valence-corrected chi connectivity index (χ4v) is 2.47. The largest absolute Gasteiger partial charge is 0.376 e. The van der Waals surface area contributed by atoms with Crippen LogP contribution in [0.1, 0.15) is 24.4 Å². The number of anilines is 1. The lowest BCUT2D eigenvalue weighted by Crippen LogP contribution is -2.13. The van der Waals surface area contributed by atoms with E-state index in [2.05, 4.69) is 5.32 Å². The standard InChI is InChI=1S/C16H14ClF2N/c17-12-5-3-11(4-6-12)16(10-1-2-10)20-15-8-7-13(18)9-14(15)19/h3-10,16,20H,1-2H2. The predicted octanol–water partition coefficient (Wildman–Crippen LogP) is 5.18. The highest BCUT2D eigenvalue weighted by Gasteiger charge is 2.32. The summed E-state index contributed by atoms with van der Waals surface area (Å²) in [5.41, 5.74) is 1.40. The Balaban J connectivity index is 1.86. The molecule has 104 valence electrons. The molecule has 1 aliphatic carbocycles. The SMILES string of the molecule is Fc1ccc(NC(c2ccc(Cl)cc2)C2CC2)c(F)c1. The van der Waals surface area contributed by atoms with E-state index in [0.29, 0.717) is 16.6 Å². The molecule has 1 saturated carbocycles. The number of halogens is 3. The smallest absolute Gasteiger partial charge is 0.149 e. The molecule has 0 aliphatic heterocycles. The van der Waals surface area contributed by atoms with Crippen molar-refractivity contribution in [2.45, 2.75) is 18.9 Å². The monoisotopic (exact) mass is 293 g/mol. The molecule has 1 aliphatic rings. The van der Waals surface area contributed by atoms with Gasteiger partial charge < -0.3 is 5.32 Å². The minimum absolute atomic E-state index is 0.0345. The van der Waals surface area contributed by atoms with E-state index in [1.165, 1.54) is 12.1 Å². The fraction of sp³-hybridized carbons (Fsp3) is 0.250. The summed E-state index contributed by atoms with van der Waals surface area (Å²) < 4.78 is 26.7. The van der Waals surface area contributed by atoms with Gasteiger partial charge in [0.05, 0.1) is 11.7 Å². The van der Waals surface area contributed by atoms with Crippen molar-refractivity contribution in [2.75, 3.05) is 5.32 Å². The van der Waals surface area contributed by atoms with Gasteiger partial charge in [0, 0.05) is 11.1 Å². The first-order chi connectivity index (χ1) is 9.63. The molecule has 0 amide bonds. The summed E-state index contributed by atoms with van der Waals surface area (Å²) in [5.74, 6) is -0.646. The van der Waals surface area contributed by atoms with Crippen LogP contribution in [-0.4, -0.2) is 0 Å². The summed E-state index contributed by atoms with van der Waals surface area (Å²) >= 11 is 5.89. The maximum absolute atomic E-state index is 13.8. The highest BCUT2D eigenvalue weighted by atomic mass is 35.5. The molecule has 1 nitrogen and oxygen atoms in total. The van der Waals surface area contributed by atoms with Crippen LogP contribution < -0.4 is 5.32 Å². The van der Waals surface area contributed by atoms with Crippen LogP contribution in [0.5, 0.6) is 0 Å². The fourth-order valence-electron chi connectivity index (χ4n) is 2.35. The summed E-state index contributed by atoms with van der Waals surface area (Å²) in [6.45, 7) is 0. The topological polar surface area (TPSA) is 12.0 Å². The van der Waals surface area contributed by atoms with E-state index in [0.717, 1.165) is 24.5 Å². The normalized spacial score (nSPS) is 15.9. The van der Waals surface area contributed by atoms with Crippen molar-refractivity contribution < 1.29 is 8.78 Å². The molecule has 0 saturated heterocycles. The van der Waals surface area contributed by atoms with Gasteiger partial charge in [0.15, 0.2) is 0 Å². The molecule has 0 heterocycles. The molecule has 3 rings (SSSR count). The van der Waals surface area contributed by atoms with Gasteiger partial charge in [0.2, 0.25) is 0 Å². The van der Waals surface area contributed by atoms with Crippen LogP contribution in [0.15, 0.2) is 42.5 Å². The van der Waals surface area contributed by atoms with Crippen molar-refractivity contribution in [1.29, 1.82) is 0 Å². The van der Waals surface area contributed by atoms with E-state index >= 15 is 0 Å². The van der Waals surface area contributed by atoms with Crippen LogP contribution in [0.2, 0.25) is 5.02 Å². The van der Waals surface area contributed by atoms with Crippen LogP contribution in [-0.2, 0) is 0 Å². The Morgan fingerprint density at radius 3 is 2.35 bits per heavy atom. The van der Waals surface area contributed by atoms with Crippen LogP contribution in [0.3, 0.4) is 0 Å². The van der Waals surface area contributed by atoms with Gasteiger partial charge in [-0.3, -0.25) is 0 Å². The summed E-state index contributed by atoms with van der Waals surface area (Å²) in [6.07, 6.45) is 2.23. The number of benzene rings is 2. The van der Waals surface area contributed by atoms with Crippen molar-refractivity contribution in [1.82, 2.24) is 0 Å². The van der Waals surface area contributed by atoms with Gasteiger partial charge in [-0.25, -0.2) is 8.78 Å². The average molecular weight is 294 g/mol. The first kappa shape index (κ1) is 13.4. The summed E-state index contributed by atoms with van der Waals surface area (Å²) in [4.78, 5) is 0. The quantitative estimate of drug-likeness (QED) is 0.819. The summed E-state index contributed by atoms with van der Waals surface area (Å²) in [5, 5.41) is 3.86. The number of hydrogen-bond donors (Lipinski definition) is 1. The lowest BCUT2D eigenvalue weighted by atomic mass is 10.0. The molecule has 4 heteroatoms. The van der Waals surface area contributed by atoms with E-state index in [-0.39, 0.29) is 6.04 Å². The summed E-state index contributed by atoms with van der Waals surface area (Å²) in [6, 6.07) is 11.2. The second-order valence-electron chi connectivity index (χ2n) is 5.14. The first-order valence-corrected chi connectivity index (χ1v) is 6.98. The van der Waals surface area contributed by atoms with Gasteiger partial charge in [0.1, 0.15) is 11.6 Å². The zero-order chi connectivity index (χ0) is 14.1. The minimum Gasteiger partial charge on any atom is -0.376 e. The Hall–Kier alpha value is -1.61. The molecular weight excluding hydrogens is 280 g/mol. The lowest BCUT2D eigenvalue weighted by Gasteiger charge is -2.20. The molecule has 1 fully saturated rings. The Labute approximate surface area is 121 Å². The van der Waals surface area contributed by atoms with E-state index in [1.807, 2.05) is 24.3 Å². The van der Waals surface area contributed by atoms with Crippen molar-refractivity contribution >= 4 is 17.3 Å². The van der Waals surface area contributed by atoms with Crippen LogP contribution in [0.25, 0.3) is 0 Å². The van der Waals surface area contributed by atoms with Crippen LogP contribution >= 0.6 is 11.6 Å². The highest BCUT2D eigenvalue weighted by molar-refractivity contribution is 6.30.